The predicted octanol–water partition coefficient (Wildman–Crippen LogP) is 2.11. The van der Waals surface area contributed by atoms with Gasteiger partial charge in [-0.15, -0.1) is 0 Å². The zero-order chi connectivity index (χ0) is 16.1. The highest BCUT2D eigenvalue weighted by Gasteiger charge is 2.40. The quantitative estimate of drug-likeness (QED) is 0.436. The molecule has 0 bridgehead atoms. The van der Waals surface area contributed by atoms with Crippen LogP contribution >= 0.6 is 23.5 Å². The number of nitro groups is 2. The first kappa shape index (κ1) is 15.9. The molecule has 0 amide bonds. The number of nitrogens with zero attached hydrogens (tertiary/aromatic N) is 4. The highest BCUT2D eigenvalue weighted by molar-refractivity contribution is 8.06. The summed E-state index contributed by atoms with van der Waals surface area (Å²) >= 11 is 1.68. The van der Waals surface area contributed by atoms with Crippen LogP contribution in [-0.4, -0.2) is 28.1 Å². The second-order valence-corrected chi connectivity index (χ2v) is 5.39. The van der Waals surface area contributed by atoms with Crippen molar-refractivity contribution in [1.29, 1.82) is 0 Å². The van der Waals surface area contributed by atoms with Crippen LogP contribution in [0.3, 0.4) is 0 Å². The molecular weight excluding hydrogens is 332 g/mol. The van der Waals surface area contributed by atoms with Crippen molar-refractivity contribution in [3.05, 3.63) is 64.6 Å². The van der Waals surface area contributed by atoms with Gasteiger partial charge in [0.15, 0.2) is 10.1 Å². The first-order valence-corrected chi connectivity index (χ1v) is 7.32. The molecule has 0 atom stereocenters. The van der Waals surface area contributed by atoms with Crippen LogP contribution in [0.1, 0.15) is 0 Å². The van der Waals surface area contributed by atoms with Gasteiger partial charge in [0.25, 0.3) is 0 Å². The number of aliphatic imine (C=N–C) groups is 2. The van der Waals surface area contributed by atoms with E-state index in [9.17, 15) is 25.0 Å². The fraction of sp³-hybridized carbons (Fsp3) is 0. The summed E-state index contributed by atoms with van der Waals surface area (Å²) < 4.78 is 0. The van der Waals surface area contributed by atoms with Gasteiger partial charge in [0.2, 0.25) is 0 Å². The van der Waals surface area contributed by atoms with Crippen molar-refractivity contribution in [3.8, 4) is 0 Å². The van der Waals surface area contributed by atoms with Crippen LogP contribution in [0.25, 0.3) is 0 Å². The van der Waals surface area contributed by atoms with Crippen molar-refractivity contribution >= 4 is 41.7 Å². The smallest absolute Gasteiger partial charge is 0.274 e. The fourth-order valence-corrected chi connectivity index (χ4v) is 2.78. The molecule has 11 heteroatoms. The maximum Gasteiger partial charge on any atom is 0.355 e. The first-order chi connectivity index (χ1) is 10.5. The number of ketones is 1. The summed E-state index contributed by atoms with van der Waals surface area (Å²) in [6, 6.07) is 0. The molecule has 9 nitrogen and oxygen atoms in total. The van der Waals surface area contributed by atoms with E-state index in [1.165, 1.54) is 35.4 Å². The van der Waals surface area contributed by atoms with Gasteiger partial charge in [0.05, 0.1) is 9.85 Å². The van der Waals surface area contributed by atoms with Crippen LogP contribution in [0.5, 0.6) is 0 Å². The van der Waals surface area contributed by atoms with Gasteiger partial charge < -0.3 is 0 Å². The van der Waals surface area contributed by atoms with Gasteiger partial charge in [-0.25, -0.2) is 9.98 Å². The van der Waals surface area contributed by atoms with Crippen molar-refractivity contribution in [2.75, 3.05) is 0 Å². The lowest BCUT2D eigenvalue weighted by atomic mass is 10.2. The summed E-state index contributed by atoms with van der Waals surface area (Å²) in [5, 5.41) is 24.9. The van der Waals surface area contributed by atoms with Crippen molar-refractivity contribution in [3.63, 3.8) is 0 Å². The van der Waals surface area contributed by atoms with Gasteiger partial charge in [-0.2, -0.15) is 0 Å². The Morgan fingerprint density at radius 1 is 0.909 bits per heavy atom. The Balaban J connectivity index is 2.54. The molecule has 2 aliphatic heterocycles. The van der Waals surface area contributed by atoms with Crippen molar-refractivity contribution in [1.82, 2.24) is 0 Å². The van der Waals surface area contributed by atoms with Gasteiger partial charge >= 0.3 is 17.2 Å². The largest absolute Gasteiger partial charge is 0.355 e. The van der Waals surface area contributed by atoms with Gasteiger partial charge in [0, 0.05) is 12.4 Å². The van der Waals surface area contributed by atoms with Crippen LogP contribution in [0.2, 0.25) is 0 Å². The second-order valence-electron chi connectivity index (χ2n) is 3.60. The van der Waals surface area contributed by atoms with Crippen LogP contribution in [0.4, 0.5) is 0 Å². The summed E-state index contributed by atoms with van der Waals surface area (Å²) in [5.41, 5.74) is -1.90. The average molecular weight is 338 g/mol. The van der Waals surface area contributed by atoms with Gasteiger partial charge in [-0.05, 0) is 23.0 Å². The maximum absolute atomic E-state index is 12.3. The zero-order valence-electron chi connectivity index (χ0n) is 10.6. The van der Waals surface area contributed by atoms with Crippen LogP contribution in [0.15, 0.2) is 54.4 Å². The summed E-state index contributed by atoms with van der Waals surface area (Å²) in [4.78, 5) is 40.1. The van der Waals surface area contributed by atoms with E-state index >= 15 is 0 Å². The number of thioether (sulfide) groups is 2. The van der Waals surface area contributed by atoms with Gasteiger partial charge in [0.1, 0.15) is 0 Å². The summed E-state index contributed by atoms with van der Waals surface area (Å²) in [6.07, 6.45) is 5.57. The second kappa shape index (κ2) is 6.95. The summed E-state index contributed by atoms with van der Waals surface area (Å²) in [7, 11) is 0. The SMILES string of the molecule is O=C(/C(=C1/N=CC=CS1)[N+](=O)[O-])/C(=C1/N=CC=CS1)[N+](=O)[O-]. The number of carbonyl (C=O) groups excluding carboxylic acids is 1. The number of rotatable bonds is 4. The molecule has 0 N–H and O–H groups in total. The molecule has 0 fully saturated rings. The molecule has 0 unspecified atom stereocenters. The van der Waals surface area contributed by atoms with E-state index in [4.69, 9.17) is 0 Å². The molecule has 0 saturated heterocycles. The minimum Gasteiger partial charge on any atom is -0.274 e. The molecule has 0 aromatic carbocycles. The minimum absolute atomic E-state index is 0.210. The molecule has 0 radical (unpaired) electrons. The minimum atomic E-state index is -1.33. The highest BCUT2D eigenvalue weighted by Crippen LogP contribution is 2.31. The standard InChI is InChI=1S/C11H6N4O5S2/c16-9(7(14(17)18)10-12-3-1-5-21-10)8(15(19)20)11-13-4-2-6-22-11/h1-6H/b10-7+,11-8+. The highest BCUT2D eigenvalue weighted by atomic mass is 32.2. The van der Waals surface area contributed by atoms with Gasteiger partial charge in [-0.3, -0.25) is 25.0 Å². The van der Waals surface area contributed by atoms with Crippen LogP contribution in [-0.2, 0) is 4.79 Å². The van der Waals surface area contributed by atoms with E-state index in [0.717, 1.165) is 23.5 Å². The number of Topliss-reactive ketones (excluding diaryl/α,β-unsaturated/α-hetero) is 1. The predicted molar refractivity (Wildman–Crippen MR) is 83.5 cm³/mol. The number of allylic oxidation sites excluding steroid dienone is 2. The molecular formula is C11H6N4O5S2. The number of hydrogen-bond donors (Lipinski definition) is 0. The Morgan fingerprint density at radius 2 is 1.32 bits per heavy atom. The fourth-order valence-electron chi connectivity index (χ4n) is 1.42. The Labute approximate surface area is 131 Å². The van der Waals surface area contributed by atoms with E-state index in [-0.39, 0.29) is 10.1 Å². The van der Waals surface area contributed by atoms with Crippen molar-refractivity contribution < 1.29 is 14.6 Å². The van der Waals surface area contributed by atoms with E-state index in [2.05, 4.69) is 9.98 Å². The normalized spacial score (nSPS) is 20.7. The monoisotopic (exact) mass is 338 g/mol. The number of carbonyl (C=O) groups is 1. The van der Waals surface area contributed by atoms with Crippen molar-refractivity contribution in [2.24, 2.45) is 9.98 Å². The molecule has 22 heavy (non-hydrogen) atoms. The van der Waals surface area contributed by atoms with E-state index in [1.807, 2.05) is 0 Å². The lowest BCUT2D eigenvalue weighted by molar-refractivity contribution is -0.434. The summed E-state index contributed by atoms with van der Waals surface area (Å²) in [5.74, 6) is -1.33. The molecule has 2 heterocycles. The maximum atomic E-state index is 12.3. The summed E-state index contributed by atoms with van der Waals surface area (Å²) in [6.45, 7) is 0. The molecule has 0 aromatic rings. The molecule has 112 valence electrons. The van der Waals surface area contributed by atoms with Crippen LogP contribution < -0.4 is 0 Å². The molecule has 0 aliphatic carbocycles. The van der Waals surface area contributed by atoms with Crippen LogP contribution in [0, 0.1) is 20.2 Å². The first-order valence-electron chi connectivity index (χ1n) is 5.56. The number of hydrogen-bond acceptors (Lipinski definition) is 9. The van der Waals surface area contributed by atoms with Crippen molar-refractivity contribution in [2.45, 2.75) is 0 Å². The molecule has 0 aromatic heterocycles. The zero-order valence-corrected chi connectivity index (χ0v) is 12.2. The third-order valence-corrected chi connectivity index (χ3v) is 3.90. The Hall–Kier alpha value is -2.53. The van der Waals surface area contributed by atoms with Gasteiger partial charge in [-0.1, -0.05) is 23.5 Å². The molecule has 0 spiro atoms. The third kappa shape index (κ3) is 3.38. The third-order valence-electron chi connectivity index (χ3n) is 2.27. The molecule has 0 saturated carbocycles. The Kier molecular flexibility index (Phi) is 5.01. The molecule has 2 aliphatic rings. The van der Waals surface area contributed by atoms with E-state index in [1.54, 1.807) is 0 Å². The Bertz CT molecular complexity index is 673. The average Bonchev–Trinajstić information content (AvgIpc) is 2.49. The molecule has 2 rings (SSSR count). The topological polar surface area (TPSA) is 128 Å². The lowest BCUT2D eigenvalue weighted by Crippen LogP contribution is -2.21. The van der Waals surface area contributed by atoms with E-state index in [0.29, 0.717) is 0 Å². The Morgan fingerprint density at radius 3 is 1.59 bits per heavy atom. The lowest BCUT2D eigenvalue weighted by Gasteiger charge is -2.05. The van der Waals surface area contributed by atoms with E-state index < -0.39 is 27.0 Å².